The molecule has 6 heteroatoms. The molecule has 0 spiro atoms. The standard InChI is InChI=1S/C23H25N3O3/c1-3-29-18-12-10-17(11-13-18)22-20-8-6-14-25(20)15-16-26(22)23(27)24-19-7-4-5-9-21(19)28-2/h4-14,22H,3,15-16H2,1-2H3,(H,24,27)/t22-/m0/s1. The van der Waals surface area contributed by atoms with Gasteiger partial charge >= 0.3 is 6.03 Å². The van der Waals surface area contributed by atoms with Gasteiger partial charge in [-0.05, 0) is 48.9 Å². The number of rotatable bonds is 5. The summed E-state index contributed by atoms with van der Waals surface area (Å²) >= 11 is 0. The summed E-state index contributed by atoms with van der Waals surface area (Å²) in [5.41, 5.74) is 2.80. The highest BCUT2D eigenvalue weighted by Gasteiger charge is 2.32. The molecule has 150 valence electrons. The van der Waals surface area contributed by atoms with Crippen LogP contribution in [0.15, 0.2) is 66.9 Å². The van der Waals surface area contributed by atoms with Gasteiger partial charge in [-0.25, -0.2) is 4.79 Å². The van der Waals surface area contributed by atoms with Crippen LogP contribution in [0, 0.1) is 0 Å². The number of nitrogens with one attached hydrogen (secondary N) is 1. The Morgan fingerprint density at radius 2 is 1.86 bits per heavy atom. The summed E-state index contributed by atoms with van der Waals surface area (Å²) < 4.78 is 13.1. The van der Waals surface area contributed by atoms with Crippen molar-refractivity contribution in [3.8, 4) is 11.5 Å². The van der Waals surface area contributed by atoms with Gasteiger partial charge in [0.05, 0.1) is 25.4 Å². The van der Waals surface area contributed by atoms with Crippen LogP contribution in [0.2, 0.25) is 0 Å². The summed E-state index contributed by atoms with van der Waals surface area (Å²) in [5, 5.41) is 3.01. The van der Waals surface area contributed by atoms with E-state index in [0.717, 1.165) is 23.6 Å². The van der Waals surface area contributed by atoms with E-state index in [1.165, 1.54) is 0 Å². The van der Waals surface area contributed by atoms with Crippen molar-refractivity contribution in [2.75, 3.05) is 25.6 Å². The molecule has 0 unspecified atom stereocenters. The molecule has 1 aliphatic heterocycles. The Hall–Kier alpha value is -3.41. The number of urea groups is 1. The average Bonchev–Trinajstić information content (AvgIpc) is 3.23. The van der Waals surface area contributed by atoms with E-state index in [2.05, 4.69) is 22.1 Å². The van der Waals surface area contributed by atoms with Gasteiger partial charge in [0.2, 0.25) is 0 Å². The van der Waals surface area contributed by atoms with Crippen molar-refractivity contribution in [2.24, 2.45) is 0 Å². The van der Waals surface area contributed by atoms with Gasteiger partial charge in [-0.2, -0.15) is 0 Å². The minimum absolute atomic E-state index is 0.152. The van der Waals surface area contributed by atoms with Gasteiger partial charge in [-0.15, -0.1) is 0 Å². The van der Waals surface area contributed by atoms with E-state index in [9.17, 15) is 4.79 Å². The second-order valence-corrected chi connectivity index (χ2v) is 6.85. The first kappa shape index (κ1) is 18.9. The van der Waals surface area contributed by atoms with E-state index in [4.69, 9.17) is 9.47 Å². The summed E-state index contributed by atoms with van der Waals surface area (Å²) in [6.07, 6.45) is 2.06. The van der Waals surface area contributed by atoms with Crippen LogP contribution in [0.3, 0.4) is 0 Å². The number of carbonyl (C=O) groups is 1. The molecule has 0 aliphatic carbocycles. The first-order chi connectivity index (χ1) is 14.2. The lowest BCUT2D eigenvalue weighted by Crippen LogP contribution is -2.44. The number of amides is 2. The quantitative estimate of drug-likeness (QED) is 0.695. The van der Waals surface area contributed by atoms with Crippen LogP contribution in [-0.4, -0.2) is 35.8 Å². The number of nitrogens with zero attached hydrogens (tertiary/aromatic N) is 2. The number of methoxy groups -OCH3 is 1. The number of anilines is 1. The third kappa shape index (κ3) is 3.78. The number of para-hydroxylation sites is 2. The normalized spacial score (nSPS) is 15.5. The Morgan fingerprint density at radius 3 is 2.62 bits per heavy atom. The monoisotopic (exact) mass is 391 g/mol. The van der Waals surface area contributed by atoms with Crippen LogP contribution in [0.5, 0.6) is 11.5 Å². The first-order valence-corrected chi connectivity index (χ1v) is 9.79. The molecule has 2 aromatic carbocycles. The van der Waals surface area contributed by atoms with Crippen molar-refractivity contribution < 1.29 is 14.3 Å². The van der Waals surface area contributed by atoms with Gasteiger partial charge in [-0.3, -0.25) is 0 Å². The van der Waals surface area contributed by atoms with E-state index in [0.29, 0.717) is 24.6 Å². The summed E-state index contributed by atoms with van der Waals surface area (Å²) in [5.74, 6) is 1.46. The van der Waals surface area contributed by atoms with Crippen LogP contribution in [0.1, 0.15) is 24.2 Å². The van der Waals surface area contributed by atoms with E-state index in [1.54, 1.807) is 7.11 Å². The molecule has 1 N–H and O–H groups in total. The van der Waals surface area contributed by atoms with Crippen LogP contribution in [0.25, 0.3) is 0 Å². The molecule has 4 rings (SSSR count). The highest BCUT2D eigenvalue weighted by Crippen LogP contribution is 2.34. The maximum Gasteiger partial charge on any atom is 0.322 e. The van der Waals surface area contributed by atoms with Crippen molar-refractivity contribution in [3.63, 3.8) is 0 Å². The topological polar surface area (TPSA) is 55.7 Å². The molecule has 29 heavy (non-hydrogen) atoms. The molecule has 2 heterocycles. The SMILES string of the molecule is CCOc1ccc([C@H]2c3cccn3CCN2C(=O)Nc2ccccc2OC)cc1. The zero-order valence-electron chi connectivity index (χ0n) is 16.7. The van der Waals surface area contributed by atoms with E-state index < -0.39 is 0 Å². The van der Waals surface area contributed by atoms with E-state index in [1.807, 2.05) is 66.4 Å². The molecule has 0 radical (unpaired) electrons. The Balaban J connectivity index is 1.65. The van der Waals surface area contributed by atoms with E-state index in [-0.39, 0.29) is 12.1 Å². The average molecular weight is 391 g/mol. The second kappa shape index (κ2) is 8.31. The van der Waals surface area contributed by atoms with Crippen LogP contribution in [-0.2, 0) is 6.54 Å². The summed E-state index contributed by atoms with van der Waals surface area (Å²) in [4.78, 5) is 15.1. The fourth-order valence-corrected chi connectivity index (χ4v) is 3.80. The zero-order chi connectivity index (χ0) is 20.2. The van der Waals surface area contributed by atoms with Crippen molar-refractivity contribution in [2.45, 2.75) is 19.5 Å². The maximum atomic E-state index is 13.2. The highest BCUT2D eigenvalue weighted by atomic mass is 16.5. The molecular formula is C23H25N3O3. The molecule has 0 saturated carbocycles. The van der Waals surface area contributed by atoms with Crippen LogP contribution < -0.4 is 14.8 Å². The van der Waals surface area contributed by atoms with Crippen LogP contribution >= 0.6 is 0 Å². The molecule has 1 aromatic heterocycles. The highest BCUT2D eigenvalue weighted by molar-refractivity contribution is 5.91. The van der Waals surface area contributed by atoms with Gasteiger partial charge in [0.1, 0.15) is 11.5 Å². The molecule has 1 atom stereocenters. The Kier molecular flexibility index (Phi) is 5.42. The molecule has 1 aliphatic rings. The zero-order valence-corrected chi connectivity index (χ0v) is 16.7. The molecule has 0 fully saturated rings. The fourth-order valence-electron chi connectivity index (χ4n) is 3.80. The lowest BCUT2D eigenvalue weighted by Gasteiger charge is -2.37. The summed E-state index contributed by atoms with van der Waals surface area (Å²) in [6, 6.07) is 19.2. The van der Waals surface area contributed by atoms with Crippen molar-refractivity contribution >= 4 is 11.7 Å². The van der Waals surface area contributed by atoms with Crippen LogP contribution in [0.4, 0.5) is 10.5 Å². The summed E-state index contributed by atoms with van der Waals surface area (Å²) in [6.45, 7) is 3.96. The van der Waals surface area contributed by atoms with Gasteiger partial charge in [0.25, 0.3) is 0 Å². The number of ether oxygens (including phenoxy) is 2. The smallest absolute Gasteiger partial charge is 0.322 e. The van der Waals surface area contributed by atoms with Gasteiger partial charge < -0.3 is 24.3 Å². The third-order valence-electron chi connectivity index (χ3n) is 5.15. The number of hydrogen-bond acceptors (Lipinski definition) is 3. The Bertz CT molecular complexity index is 981. The molecule has 3 aromatic rings. The predicted molar refractivity (Wildman–Crippen MR) is 113 cm³/mol. The number of hydrogen-bond donors (Lipinski definition) is 1. The first-order valence-electron chi connectivity index (χ1n) is 9.79. The van der Waals surface area contributed by atoms with Gasteiger partial charge in [-0.1, -0.05) is 24.3 Å². The van der Waals surface area contributed by atoms with Crippen molar-refractivity contribution in [3.05, 3.63) is 78.1 Å². The molecule has 6 nitrogen and oxygen atoms in total. The molecule has 0 saturated heterocycles. The summed E-state index contributed by atoms with van der Waals surface area (Å²) in [7, 11) is 1.60. The van der Waals surface area contributed by atoms with Crippen molar-refractivity contribution in [1.29, 1.82) is 0 Å². The number of benzene rings is 2. The molecule has 2 amide bonds. The van der Waals surface area contributed by atoms with E-state index >= 15 is 0 Å². The van der Waals surface area contributed by atoms with Gasteiger partial charge in [0, 0.05) is 25.0 Å². The van der Waals surface area contributed by atoms with Gasteiger partial charge in [0.15, 0.2) is 0 Å². The largest absolute Gasteiger partial charge is 0.495 e. The minimum atomic E-state index is -0.177. The number of fused-ring (bicyclic) bond motifs is 1. The third-order valence-corrected chi connectivity index (χ3v) is 5.15. The molecular weight excluding hydrogens is 366 g/mol. The minimum Gasteiger partial charge on any atom is -0.495 e. The predicted octanol–water partition coefficient (Wildman–Crippen LogP) is 4.53. The molecule has 0 bridgehead atoms. The number of aromatic nitrogens is 1. The Labute approximate surface area is 170 Å². The lowest BCUT2D eigenvalue weighted by atomic mass is 10.00. The van der Waals surface area contributed by atoms with Crippen molar-refractivity contribution in [1.82, 2.24) is 9.47 Å². The Morgan fingerprint density at radius 1 is 1.07 bits per heavy atom. The lowest BCUT2D eigenvalue weighted by molar-refractivity contribution is 0.181. The second-order valence-electron chi connectivity index (χ2n) is 6.85. The maximum absolute atomic E-state index is 13.2. The fraction of sp³-hybridized carbons (Fsp3) is 0.261. The number of carbonyl (C=O) groups excluding carboxylic acids is 1.